The Morgan fingerprint density at radius 1 is 0.875 bits per heavy atom. The Balaban J connectivity index is 1.33. The lowest BCUT2D eigenvalue weighted by Gasteiger charge is -2.63. The molecule has 13 atom stereocenters. The summed E-state index contributed by atoms with van der Waals surface area (Å²) in [6, 6.07) is -2.44. The van der Waals surface area contributed by atoms with Gasteiger partial charge in [0.05, 0.1) is 18.3 Å². The van der Waals surface area contributed by atoms with Crippen LogP contribution in [0.15, 0.2) is 0 Å². The van der Waals surface area contributed by atoms with Crippen molar-refractivity contribution in [1.29, 1.82) is 0 Å². The Hall–Kier alpha value is -2.26. The fourth-order valence-electron chi connectivity index (χ4n) is 10.2. The summed E-state index contributed by atoms with van der Waals surface area (Å²) in [7, 11) is 0. The number of nitrogens with two attached hydrogens (primary N) is 1. The van der Waals surface area contributed by atoms with E-state index >= 15 is 0 Å². The Morgan fingerprint density at radius 2 is 1.54 bits per heavy atom. The smallest absolute Gasteiger partial charge is 0.322 e. The van der Waals surface area contributed by atoms with Crippen molar-refractivity contribution in [3.63, 3.8) is 0 Å². The number of hydrogen-bond acceptors (Lipinski definition) is 10. The summed E-state index contributed by atoms with van der Waals surface area (Å²) in [5, 5.41) is 55.6. The van der Waals surface area contributed by atoms with Crippen molar-refractivity contribution in [3.8, 4) is 0 Å². The summed E-state index contributed by atoms with van der Waals surface area (Å²) in [6.07, 6.45) is 4.46. The third-order valence-electron chi connectivity index (χ3n) is 12.8. The predicted octanol–water partition coefficient (Wildman–Crippen LogP) is 1.50. The first kappa shape index (κ1) is 38.5. The van der Waals surface area contributed by atoms with Gasteiger partial charge in [-0.05, 0) is 104 Å². The normalized spacial score (nSPS) is 37.6. The molecular weight excluding hydrogens is 642 g/mol. The molecule has 0 aliphatic heterocycles. The molecule has 48 heavy (non-hydrogen) atoms. The minimum atomic E-state index is -1.27. The largest absolute Gasteiger partial charge is 0.480 e. The third-order valence-corrected chi connectivity index (χ3v) is 13.8. The van der Waals surface area contributed by atoms with Gasteiger partial charge in [-0.1, -0.05) is 32.5 Å². The molecule has 2 amide bonds. The van der Waals surface area contributed by atoms with Crippen LogP contribution in [0, 0.1) is 46.3 Å². The van der Waals surface area contributed by atoms with Gasteiger partial charge in [0.25, 0.3) is 0 Å². The molecule has 4 saturated carbocycles. The second kappa shape index (κ2) is 15.7. The Morgan fingerprint density at radius 3 is 2.21 bits per heavy atom. The van der Waals surface area contributed by atoms with Crippen LogP contribution >= 0.6 is 11.8 Å². The van der Waals surface area contributed by atoms with Gasteiger partial charge in [-0.15, -0.1) is 0 Å². The van der Waals surface area contributed by atoms with Crippen LogP contribution in [0.5, 0.6) is 0 Å². The number of carbonyl (C=O) groups excluding carboxylic acids is 3. The van der Waals surface area contributed by atoms with E-state index in [9.17, 15) is 39.3 Å². The zero-order valence-electron chi connectivity index (χ0n) is 28.3. The highest BCUT2D eigenvalue weighted by Crippen LogP contribution is 2.68. The molecule has 0 saturated heterocycles. The number of aliphatic hydroxyl groups excluding tert-OH is 3. The van der Waals surface area contributed by atoms with E-state index in [2.05, 4.69) is 31.4 Å². The van der Waals surface area contributed by atoms with E-state index in [4.69, 9.17) is 15.9 Å². The Bertz CT molecular complexity index is 1220. The summed E-state index contributed by atoms with van der Waals surface area (Å²) in [6.45, 7) is 6.09. The minimum Gasteiger partial charge on any atom is -0.480 e. The standard InChI is InChI=1S/C34H55N3O10S/c1-17(4-9-27(42)48-16-24(31(45)36-15-26(40)41)37-25(39)8-7-23(35)32(46)47)19-5-6-20-28-21(11-13-33(19,20)2)34(3)12-10-18(38)14-22(34)29(43)30(28)44/h17-24,28-30,38,43-44H,4-16,35H2,1-3H3,(H,36,45)(H,37,39)(H,40,41)(H,46,47)/t17-,18-,19-,20+,21+,22+,23+,24+,28+,29-,30-,33-,34-/m1/s1. The first-order chi connectivity index (χ1) is 22.5. The fraction of sp³-hybridized carbons (Fsp3) is 0.853. The zero-order chi connectivity index (χ0) is 35.6. The number of aliphatic hydroxyl groups is 3. The van der Waals surface area contributed by atoms with E-state index < -0.39 is 60.7 Å². The molecule has 14 heteroatoms. The van der Waals surface area contributed by atoms with Gasteiger partial charge in [0.2, 0.25) is 11.8 Å². The second-order valence-electron chi connectivity index (χ2n) is 15.5. The summed E-state index contributed by atoms with van der Waals surface area (Å²) in [4.78, 5) is 60.0. The summed E-state index contributed by atoms with van der Waals surface area (Å²) < 4.78 is 0. The number of thioether (sulfide) groups is 1. The number of carboxylic acids is 2. The highest BCUT2D eigenvalue weighted by molar-refractivity contribution is 8.13. The van der Waals surface area contributed by atoms with Crippen molar-refractivity contribution in [3.05, 3.63) is 0 Å². The van der Waals surface area contributed by atoms with E-state index in [0.29, 0.717) is 24.7 Å². The van der Waals surface area contributed by atoms with Gasteiger partial charge in [0.15, 0.2) is 5.12 Å². The maximum Gasteiger partial charge on any atom is 0.322 e. The van der Waals surface area contributed by atoms with E-state index in [1.807, 2.05) is 0 Å². The van der Waals surface area contributed by atoms with Crippen molar-refractivity contribution in [2.24, 2.45) is 52.1 Å². The van der Waals surface area contributed by atoms with Gasteiger partial charge < -0.3 is 41.9 Å². The molecule has 0 heterocycles. The molecule has 4 rings (SSSR count). The van der Waals surface area contributed by atoms with Crippen molar-refractivity contribution in [2.75, 3.05) is 12.3 Å². The Labute approximate surface area is 286 Å². The first-order valence-electron chi connectivity index (χ1n) is 17.5. The lowest BCUT2D eigenvalue weighted by atomic mass is 9.43. The lowest BCUT2D eigenvalue weighted by molar-refractivity contribution is -0.223. The van der Waals surface area contributed by atoms with Crippen LogP contribution in [0.1, 0.15) is 91.4 Å². The van der Waals surface area contributed by atoms with Crippen LogP contribution < -0.4 is 16.4 Å². The van der Waals surface area contributed by atoms with Crippen LogP contribution in [-0.4, -0.2) is 97.1 Å². The van der Waals surface area contributed by atoms with Gasteiger partial charge in [-0.2, -0.15) is 0 Å². The molecule has 0 aromatic carbocycles. The predicted molar refractivity (Wildman–Crippen MR) is 177 cm³/mol. The molecule has 0 spiro atoms. The molecule has 0 aromatic rings. The lowest BCUT2D eigenvalue weighted by Crippen LogP contribution is -2.64. The number of hydrogen-bond donors (Lipinski definition) is 8. The van der Waals surface area contributed by atoms with Crippen LogP contribution in [0.2, 0.25) is 0 Å². The topological polar surface area (TPSA) is 237 Å². The van der Waals surface area contributed by atoms with Crippen molar-refractivity contribution in [1.82, 2.24) is 10.6 Å². The second-order valence-corrected chi connectivity index (χ2v) is 16.5. The molecule has 0 bridgehead atoms. The Kier molecular flexibility index (Phi) is 12.6. The highest BCUT2D eigenvalue weighted by Gasteiger charge is 2.65. The monoisotopic (exact) mass is 697 g/mol. The fourth-order valence-corrected chi connectivity index (χ4v) is 11.0. The van der Waals surface area contributed by atoms with Crippen LogP contribution in [0.4, 0.5) is 0 Å². The minimum absolute atomic E-state index is 0.00362. The first-order valence-corrected chi connectivity index (χ1v) is 18.4. The van der Waals surface area contributed by atoms with E-state index in [0.717, 1.165) is 50.3 Å². The quantitative estimate of drug-likeness (QED) is 0.129. The van der Waals surface area contributed by atoms with Crippen LogP contribution in [-0.2, 0) is 24.0 Å². The summed E-state index contributed by atoms with van der Waals surface area (Å²) in [5.41, 5.74) is 5.32. The summed E-state index contributed by atoms with van der Waals surface area (Å²) in [5.74, 6) is -3.02. The molecule has 13 nitrogen and oxygen atoms in total. The number of rotatable bonds is 14. The van der Waals surface area contributed by atoms with Gasteiger partial charge in [0, 0.05) is 18.6 Å². The number of amides is 2. The number of carbonyl (C=O) groups is 5. The maximum atomic E-state index is 13.0. The average Bonchev–Trinajstić information content (AvgIpc) is 3.39. The molecule has 9 N–H and O–H groups in total. The van der Waals surface area contributed by atoms with Crippen molar-refractivity contribution in [2.45, 2.75) is 122 Å². The molecule has 4 aliphatic carbocycles. The number of fused-ring (bicyclic) bond motifs is 5. The van der Waals surface area contributed by atoms with E-state index in [1.54, 1.807) is 0 Å². The van der Waals surface area contributed by atoms with Gasteiger partial charge >= 0.3 is 11.9 Å². The molecule has 272 valence electrons. The number of carboxylic acid groups (broad SMARTS) is 2. The SMILES string of the molecule is C[C@H](CCC(=O)SC[C@H](NC(=O)CC[C@H](N)C(=O)O)C(=O)NCC(=O)O)[C@H]1CC[C@H]2[C@@H]3[C@@H](O)[C@H](O)[C@@H]4C[C@H](O)CC[C@]4(C)[C@H]3CC[C@]12C. The summed E-state index contributed by atoms with van der Waals surface area (Å²) >= 11 is 0.891. The van der Waals surface area contributed by atoms with Crippen LogP contribution in [0.3, 0.4) is 0 Å². The molecule has 0 aromatic heterocycles. The zero-order valence-corrected chi connectivity index (χ0v) is 29.1. The van der Waals surface area contributed by atoms with E-state index in [-0.39, 0.29) is 64.6 Å². The molecule has 0 radical (unpaired) electrons. The molecule has 0 unspecified atom stereocenters. The average molecular weight is 698 g/mol. The molecule has 4 fully saturated rings. The third kappa shape index (κ3) is 8.20. The maximum absolute atomic E-state index is 13.0. The number of nitrogens with one attached hydrogen (secondary N) is 2. The number of aliphatic carboxylic acids is 2. The van der Waals surface area contributed by atoms with Gasteiger partial charge in [-0.25, -0.2) is 0 Å². The highest BCUT2D eigenvalue weighted by atomic mass is 32.2. The van der Waals surface area contributed by atoms with Crippen LogP contribution in [0.25, 0.3) is 0 Å². The van der Waals surface area contributed by atoms with Crippen molar-refractivity contribution >= 4 is 40.6 Å². The molecular formula is C34H55N3O10S. The molecule has 4 aliphatic rings. The van der Waals surface area contributed by atoms with Gasteiger partial charge in [0.1, 0.15) is 18.6 Å². The van der Waals surface area contributed by atoms with Crippen molar-refractivity contribution < 1.29 is 49.5 Å². The van der Waals surface area contributed by atoms with Gasteiger partial charge in [-0.3, -0.25) is 24.0 Å². The van der Waals surface area contributed by atoms with E-state index in [1.165, 1.54) is 0 Å².